The quantitative estimate of drug-likeness (QED) is 0.149. The summed E-state index contributed by atoms with van der Waals surface area (Å²) in [6, 6.07) is 28.7. The van der Waals surface area contributed by atoms with E-state index in [0.29, 0.717) is 17.6 Å². The molecule has 9 nitrogen and oxygen atoms in total. The van der Waals surface area contributed by atoms with Crippen molar-refractivity contribution in [3.8, 4) is 0 Å². The van der Waals surface area contributed by atoms with Crippen molar-refractivity contribution in [2.24, 2.45) is 0 Å². The van der Waals surface area contributed by atoms with Gasteiger partial charge in [-0.2, -0.15) is 0 Å². The van der Waals surface area contributed by atoms with Crippen molar-refractivity contribution >= 4 is 28.8 Å². The number of rotatable bonds is 13. The second-order valence-corrected chi connectivity index (χ2v) is 11.3. The fraction of sp³-hybridized carbons (Fsp3) is 0.243. The number of hydrogen-bond acceptors (Lipinski definition) is 5. The monoisotopic (exact) mass is 618 g/mol. The number of nitrogens with one attached hydrogen (secondary N) is 1. The second-order valence-electron chi connectivity index (χ2n) is 11.3. The van der Waals surface area contributed by atoms with Crippen LogP contribution in [-0.4, -0.2) is 43.5 Å². The Hall–Kier alpha value is -5.28. The molecule has 1 heterocycles. The molecule has 0 spiro atoms. The average Bonchev–Trinajstić information content (AvgIpc) is 3.40. The first-order chi connectivity index (χ1) is 22.2. The molecular weight excluding hydrogens is 580 g/mol. The molecule has 0 aliphatic rings. The van der Waals surface area contributed by atoms with Crippen LogP contribution in [0.15, 0.2) is 97.1 Å². The Morgan fingerprint density at radius 2 is 1.54 bits per heavy atom. The van der Waals surface area contributed by atoms with Crippen molar-refractivity contribution in [2.75, 3.05) is 0 Å². The Balaban J connectivity index is 1.35. The van der Waals surface area contributed by atoms with Crippen molar-refractivity contribution in [3.63, 3.8) is 0 Å². The molecule has 2 N–H and O–H groups in total. The van der Waals surface area contributed by atoms with Gasteiger partial charge in [-0.15, -0.1) is 0 Å². The van der Waals surface area contributed by atoms with Crippen molar-refractivity contribution in [3.05, 3.63) is 136 Å². The molecule has 46 heavy (non-hydrogen) atoms. The third kappa shape index (κ3) is 7.68. The van der Waals surface area contributed by atoms with Crippen LogP contribution in [-0.2, 0) is 35.7 Å². The van der Waals surface area contributed by atoms with E-state index in [4.69, 9.17) is 9.82 Å². The van der Waals surface area contributed by atoms with Gasteiger partial charge in [0.15, 0.2) is 0 Å². The van der Waals surface area contributed by atoms with Crippen LogP contribution in [0.5, 0.6) is 0 Å². The molecule has 0 aliphatic heterocycles. The molecule has 0 saturated carbocycles. The number of carboxylic acids is 1. The van der Waals surface area contributed by atoms with Gasteiger partial charge in [-0.1, -0.05) is 79.7 Å². The van der Waals surface area contributed by atoms with Crippen LogP contribution in [0.4, 0.5) is 0 Å². The number of carboxylic acid groups (broad SMARTS) is 1. The summed E-state index contributed by atoms with van der Waals surface area (Å²) in [6.07, 6.45) is 1.63. The Bertz CT molecular complexity index is 1820. The molecule has 5 aromatic rings. The van der Waals surface area contributed by atoms with Gasteiger partial charge in [0.25, 0.3) is 11.8 Å². The van der Waals surface area contributed by atoms with Gasteiger partial charge in [0.1, 0.15) is 18.5 Å². The highest BCUT2D eigenvalue weighted by atomic mass is 16.7. The fourth-order valence-corrected chi connectivity index (χ4v) is 5.40. The number of imidazole rings is 1. The normalized spacial score (nSPS) is 11.7. The highest BCUT2D eigenvalue weighted by Crippen LogP contribution is 2.25. The zero-order chi connectivity index (χ0) is 32.6. The van der Waals surface area contributed by atoms with Crippen LogP contribution in [0.1, 0.15) is 69.1 Å². The second kappa shape index (κ2) is 14.7. The van der Waals surface area contributed by atoms with E-state index in [2.05, 4.69) is 16.8 Å². The molecular formula is C37H38N4O5. The summed E-state index contributed by atoms with van der Waals surface area (Å²) in [4.78, 5) is 49.3. The summed E-state index contributed by atoms with van der Waals surface area (Å²) in [5.41, 5.74) is 5.89. The van der Waals surface area contributed by atoms with Crippen molar-refractivity contribution in [1.29, 1.82) is 0 Å². The lowest BCUT2D eigenvalue weighted by molar-refractivity contribution is -0.197. The first-order valence-corrected chi connectivity index (χ1v) is 15.4. The topological polar surface area (TPSA) is 114 Å². The molecule has 1 aromatic heterocycles. The van der Waals surface area contributed by atoms with E-state index in [0.717, 1.165) is 46.4 Å². The first kappa shape index (κ1) is 32.1. The van der Waals surface area contributed by atoms with Crippen LogP contribution < -0.4 is 5.32 Å². The molecule has 0 radical (unpaired) electrons. The SMILES string of the molecule is CCCc1nc2cc(C(=O)N[C@H](C)C(=O)N(Cc3ccccc3)OCc3ccccc3)cc(C)c2n1Cc1ccc(C(=O)O)cc1. The van der Waals surface area contributed by atoms with Crippen LogP contribution in [0.25, 0.3) is 11.0 Å². The molecule has 0 saturated heterocycles. The van der Waals surface area contributed by atoms with Crippen molar-refractivity contribution in [2.45, 2.75) is 59.4 Å². The lowest BCUT2D eigenvalue weighted by Crippen LogP contribution is -2.46. The Morgan fingerprint density at radius 3 is 2.17 bits per heavy atom. The summed E-state index contributed by atoms with van der Waals surface area (Å²) >= 11 is 0. The number of carbonyl (C=O) groups is 3. The summed E-state index contributed by atoms with van der Waals surface area (Å²) in [5.74, 6) is -0.831. The maximum Gasteiger partial charge on any atom is 0.335 e. The highest BCUT2D eigenvalue weighted by molar-refractivity contribution is 6.00. The van der Waals surface area contributed by atoms with Gasteiger partial charge in [-0.3, -0.25) is 14.4 Å². The number of amides is 2. The summed E-state index contributed by atoms with van der Waals surface area (Å²) in [7, 11) is 0. The minimum absolute atomic E-state index is 0.211. The largest absolute Gasteiger partial charge is 0.478 e. The number of hydroxylamine groups is 2. The van der Waals surface area contributed by atoms with Crippen LogP contribution >= 0.6 is 0 Å². The summed E-state index contributed by atoms with van der Waals surface area (Å²) in [6.45, 7) is 6.63. The summed E-state index contributed by atoms with van der Waals surface area (Å²) in [5, 5.41) is 13.4. The molecule has 0 fully saturated rings. The van der Waals surface area contributed by atoms with E-state index in [9.17, 15) is 19.5 Å². The zero-order valence-corrected chi connectivity index (χ0v) is 26.3. The predicted molar refractivity (Wildman–Crippen MR) is 176 cm³/mol. The van der Waals surface area contributed by atoms with E-state index < -0.39 is 12.0 Å². The first-order valence-electron chi connectivity index (χ1n) is 15.4. The molecule has 1 atom stereocenters. The molecule has 5 rings (SSSR count). The maximum atomic E-state index is 13.6. The van der Waals surface area contributed by atoms with Gasteiger partial charge in [-0.25, -0.2) is 14.8 Å². The zero-order valence-electron chi connectivity index (χ0n) is 26.3. The van der Waals surface area contributed by atoms with Crippen LogP contribution in [0.3, 0.4) is 0 Å². The standard InChI is InChI=1S/C37H38N4O5/c1-4-11-33-39-32-21-31(20-25(2)34(32)40(33)22-28-16-18-30(19-17-28)37(44)45)35(42)38-26(3)36(43)41(23-27-12-7-5-8-13-27)46-24-29-14-9-6-10-15-29/h5-10,12-21,26H,4,11,22-24H2,1-3H3,(H,38,42)(H,44,45)/t26-/m1/s1. The Kier molecular flexibility index (Phi) is 10.2. The average molecular weight is 619 g/mol. The van der Waals surface area contributed by atoms with E-state index in [-0.39, 0.29) is 30.5 Å². The van der Waals surface area contributed by atoms with Gasteiger partial charge in [-0.05, 0) is 66.8 Å². The van der Waals surface area contributed by atoms with Crippen LogP contribution in [0, 0.1) is 6.92 Å². The third-order valence-electron chi connectivity index (χ3n) is 7.75. The number of aromatic nitrogens is 2. The molecule has 0 bridgehead atoms. The Morgan fingerprint density at radius 1 is 0.891 bits per heavy atom. The molecule has 236 valence electrons. The van der Waals surface area contributed by atoms with Gasteiger partial charge in [0.2, 0.25) is 0 Å². The minimum Gasteiger partial charge on any atom is -0.478 e. The molecule has 0 unspecified atom stereocenters. The van der Waals surface area contributed by atoms with Crippen molar-refractivity contribution < 1.29 is 24.3 Å². The van der Waals surface area contributed by atoms with Gasteiger partial charge in [0.05, 0.1) is 23.1 Å². The van der Waals surface area contributed by atoms with Crippen LogP contribution in [0.2, 0.25) is 0 Å². The number of aromatic carboxylic acids is 1. The van der Waals surface area contributed by atoms with Gasteiger partial charge >= 0.3 is 5.97 Å². The molecule has 0 aliphatic carbocycles. The smallest absolute Gasteiger partial charge is 0.335 e. The Labute approximate surface area is 268 Å². The van der Waals surface area contributed by atoms with E-state index in [1.807, 2.05) is 85.8 Å². The minimum atomic E-state index is -0.965. The lowest BCUT2D eigenvalue weighted by atomic mass is 10.1. The highest BCUT2D eigenvalue weighted by Gasteiger charge is 2.25. The number of carbonyl (C=O) groups excluding carboxylic acids is 2. The maximum absolute atomic E-state index is 13.6. The van der Waals surface area contributed by atoms with Gasteiger partial charge in [0, 0.05) is 18.5 Å². The number of nitrogens with zero attached hydrogens (tertiary/aromatic N) is 3. The number of benzene rings is 4. The molecule has 2 amide bonds. The van der Waals surface area contributed by atoms with E-state index >= 15 is 0 Å². The van der Waals surface area contributed by atoms with Gasteiger partial charge < -0.3 is 15.0 Å². The lowest BCUT2D eigenvalue weighted by Gasteiger charge is -2.25. The van der Waals surface area contributed by atoms with Crippen molar-refractivity contribution in [1.82, 2.24) is 19.9 Å². The molecule has 4 aromatic carbocycles. The summed E-state index contributed by atoms with van der Waals surface area (Å²) < 4.78 is 2.13. The number of hydrogen-bond donors (Lipinski definition) is 2. The predicted octanol–water partition coefficient (Wildman–Crippen LogP) is 6.32. The number of fused-ring (bicyclic) bond motifs is 1. The van der Waals surface area contributed by atoms with E-state index in [1.165, 1.54) is 5.06 Å². The number of aryl methyl sites for hydroxylation is 2. The molecule has 9 heteroatoms. The fourth-order valence-electron chi connectivity index (χ4n) is 5.40. The third-order valence-corrected chi connectivity index (χ3v) is 7.75. The van der Waals surface area contributed by atoms with E-state index in [1.54, 1.807) is 25.1 Å².